The van der Waals surface area contributed by atoms with Gasteiger partial charge in [0.05, 0.1) is 13.2 Å². The van der Waals surface area contributed by atoms with E-state index in [0.717, 1.165) is 22.1 Å². The van der Waals surface area contributed by atoms with Gasteiger partial charge in [0.2, 0.25) is 0 Å². The average Bonchev–Trinajstić information content (AvgIpc) is 3.13. The molecule has 4 aromatic rings. The van der Waals surface area contributed by atoms with Crippen molar-refractivity contribution in [2.45, 2.75) is 99.7 Å². The maximum atomic E-state index is 9.92. The summed E-state index contributed by atoms with van der Waals surface area (Å²) in [6.45, 7) is 17.0. The standard InChI is InChI=1S/C42H55N3O5SSi2/c1-32-23-25-34(26-24-32)51-41-38(44-45-43)40(48-31-46-27-28-52(5,6)7)39(47-29-33-17-11-8-12-18-33)37(50-41)30-49-53(42(2,3)4,35-19-13-9-14-20-35)36-21-15-10-16-22-36/h8-26,37-41H,27-31H2,1-7H3/t37-,38-,39-,40-,41+/m1/s1. The molecule has 4 aromatic carbocycles. The molecule has 11 heteroatoms. The topological polar surface area (TPSA) is 94.9 Å². The molecule has 53 heavy (non-hydrogen) atoms. The minimum Gasteiger partial charge on any atom is -0.405 e. The number of benzene rings is 4. The third-order valence-electron chi connectivity index (χ3n) is 9.58. The van der Waals surface area contributed by atoms with Crippen LogP contribution >= 0.6 is 11.8 Å². The first-order valence-electron chi connectivity index (χ1n) is 18.4. The lowest BCUT2D eigenvalue weighted by Crippen LogP contribution is -2.68. The molecular weight excluding hydrogens is 715 g/mol. The van der Waals surface area contributed by atoms with Gasteiger partial charge in [0, 0.05) is 24.5 Å². The summed E-state index contributed by atoms with van der Waals surface area (Å²) in [6.07, 6.45) is -1.88. The second-order valence-electron chi connectivity index (χ2n) is 15.9. The fourth-order valence-electron chi connectivity index (χ4n) is 6.75. The van der Waals surface area contributed by atoms with Gasteiger partial charge >= 0.3 is 0 Å². The first-order chi connectivity index (χ1) is 25.4. The van der Waals surface area contributed by atoms with Crippen molar-refractivity contribution < 1.29 is 23.4 Å². The molecule has 0 bridgehead atoms. The Kier molecular flexibility index (Phi) is 14.6. The van der Waals surface area contributed by atoms with Crippen molar-refractivity contribution >= 4 is 38.5 Å². The van der Waals surface area contributed by atoms with E-state index in [9.17, 15) is 5.53 Å². The fraction of sp³-hybridized carbons (Fsp3) is 0.429. The molecule has 1 saturated heterocycles. The summed E-state index contributed by atoms with van der Waals surface area (Å²) in [5.74, 6) is 0. The van der Waals surface area contributed by atoms with Crippen LogP contribution in [0.2, 0.25) is 30.7 Å². The Labute approximate surface area is 322 Å². The molecule has 8 nitrogen and oxygen atoms in total. The first kappa shape index (κ1) is 40.9. The van der Waals surface area contributed by atoms with Crippen LogP contribution < -0.4 is 10.4 Å². The Balaban J connectivity index is 1.55. The van der Waals surface area contributed by atoms with Crippen LogP contribution in [0, 0.1) is 6.92 Å². The van der Waals surface area contributed by atoms with Gasteiger partial charge in [-0.15, -0.1) is 0 Å². The number of hydrogen-bond donors (Lipinski definition) is 0. The van der Waals surface area contributed by atoms with Crippen LogP contribution in [0.15, 0.2) is 125 Å². The van der Waals surface area contributed by atoms with E-state index in [2.05, 4.69) is 130 Å². The minimum atomic E-state index is -2.95. The van der Waals surface area contributed by atoms with Crippen molar-refractivity contribution in [2.24, 2.45) is 5.11 Å². The number of azide groups is 1. The van der Waals surface area contributed by atoms with Crippen molar-refractivity contribution in [3.63, 3.8) is 0 Å². The van der Waals surface area contributed by atoms with Gasteiger partial charge in [-0.3, -0.25) is 0 Å². The predicted octanol–water partition coefficient (Wildman–Crippen LogP) is 9.35. The highest BCUT2D eigenvalue weighted by atomic mass is 32.2. The van der Waals surface area contributed by atoms with Gasteiger partial charge in [0.15, 0.2) is 0 Å². The number of rotatable bonds is 17. The summed E-state index contributed by atoms with van der Waals surface area (Å²) in [5, 5.41) is 6.45. The minimum absolute atomic E-state index is 0.0436. The molecule has 0 spiro atoms. The highest BCUT2D eigenvalue weighted by Crippen LogP contribution is 2.40. The van der Waals surface area contributed by atoms with Gasteiger partial charge in [-0.05, 0) is 51.6 Å². The molecule has 1 heterocycles. The summed E-state index contributed by atoms with van der Waals surface area (Å²) >= 11 is 1.52. The Hall–Kier alpha value is -3.23. The van der Waals surface area contributed by atoms with Gasteiger partial charge in [0.25, 0.3) is 8.32 Å². The van der Waals surface area contributed by atoms with Crippen LogP contribution in [0.1, 0.15) is 31.9 Å². The fourth-order valence-corrected chi connectivity index (χ4v) is 13.2. The summed E-state index contributed by atoms with van der Waals surface area (Å²) in [5.41, 5.74) is 11.5. The van der Waals surface area contributed by atoms with Gasteiger partial charge in [-0.2, -0.15) is 0 Å². The highest BCUT2D eigenvalue weighted by molar-refractivity contribution is 7.99. The summed E-state index contributed by atoms with van der Waals surface area (Å²) in [6, 6.07) is 39.8. The lowest BCUT2D eigenvalue weighted by atomic mass is 9.98. The van der Waals surface area contributed by atoms with Crippen LogP contribution in [0.3, 0.4) is 0 Å². The van der Waals surface area contributed by atoms with Crippen molar-refractivity contribution in [3.8, 4) is 0 Å². The molecule has 1 fully saturated rings. The summed E-state index contributed by atoms with van der Waals surface area (Å²) < 4.78 is 34.0. The molecule has 1 aliphatic rings. The second kappa shape index (κ2) is 18.9. The maximum absolute atomic E-state index is 9.92. The SMILES string of the molecule is Cc1ccc(S[C@@H]2O[C@H](CO[Si](c3ccccc3)(c3ccccc3)C(C)(C)C)[C@@H](OCc3ccccc3)[C@H](OCOCC[Si](C)(C)C)[C@H]2N=[N+]=[N-])cc1. The van der Waals surface area contributed by atoms with Crippen LogP contribution in [-0.4, -0.2) is 66.2 Å². The van der Waals surface area contributed by atoms with Gasteiger partial charge in [0.1, 0.15) is 36.6 Å². The molecule has 5 atom stereocenters. The van der Waals surface area contributed by atoms with E-state index in [0.29, 0.717) is 13.2 Å². The molecule has 0 N–H and O–H groups in total. The van der Waals surface area contributed by atoms with E-state index in [1.54, 1.807) is 0 Å². The Morgan fingerprint density at radius 3 is 1.92 bits per heavy atom. The maximum Gasteiger partial charge on any atom is 0.261 e. The Morgan fingerprint density at radius 2 is 1.38 bits per heavy atom. The third-order valence-corrected chi connectivity index (χ3v) is 17.5. The number of thioether (sulfide) groups is 1. The number of nitrogens with zero attached hydrogens (tertiary/aromatic N) is 3. The molecule has 0 unspecified atom stereocenters. The van der Waals surface area contributed by atoms with E-state index in [1.165, 1.54) is 22.1 Å². The normalized spacial score (nSPS) is 20.8. The van der Waals surface area contributed by atoms with Gasteiger partial charge < -0.3 is 23.4 Å². The van der Waals surface area contributed by atoms with Crippen LogP contribution in [0.4, 0.5) is 0 Å². The quantitative estimate of drug-likeness (QED) is 0.0265. The zero-order valence-electron chi connectivity index (χ0n) is 32.2. The predicted molar refractivity (Wildman–Crippen MR) is 221 cm³/mol. The molecule has 0 aliphatic carbocycles. The lowest BCUT2D eigenvalue weighted by molar-refractivity contribution is -0.222. The van der Waals surface area contributed by atoms with Gasteiger partial charge in [-0.1, -0.05) is 166 Å². The van der Waals surface area contributed by atoms with Crippen molar-refractivity contribution in [1.82, 2.24) is 0 Å². The lowest BCUT2D eigenvalue weighted by Gasteiger charge is -2.47. The van der Waals surface area contributed by atoms with E-state index in [1.807, 2.05) is 42.5 Å². The molecule has 5 rings (SSSR count). The molecule has 0 amide bonds. The highest BCUT2D eigenvalue weighted by Gasteiger charge is 2.53. The molecule has 282 valence electrons. The number of hydrogen-bond acceptors (Lipinski definition) is 7. The van der Waals surface area contributed by atoms with Crippen molar-refractivity contribution in [3.05, 3.63) is 137 Å². The van der Waals surface area contributed by atoms with Gasteiger partial charge in [-0.25, -0.2) is 0 Å². The number of aryl methyl sites for hydroxylation is 1. The van der Waals surface area contributed by atoms with Crippen LogP contribution in [0.5, 0.6) is 0 Å². The Bertz CT molecular complexity index is 1690. The smallest absolute Gasteiger partial charge is 0.261 e. The van der Waals surface area contributed by atoms with Crippen molar-refractivity contribution in [2.75, 3.05) is 20.0 Å². The zero-order valence-corrected chi connectivity index (χ0v) is 35.0. The van der Waals surface area contributed by atoms with E-state index >= 15 is 0 Å². The largest absolute Gasteiger partial charge is 0.405 e. The van der Waals surface area contributed by atoms with Crippen LogP contribution in [0.25, 0.3) is 10.4 Å². The summed E-state index contributed by atoms with van der Waals surface area (Å²) in [4.78, 5) is 4.30. The molecule has 0 radical (unpaired) electrons. The monoisotopic (exact) mass is 769 g/mol. The van der Waals surface area contributed by atoms with E-state index in [4.69, 9.17) is 23.4 Å². The van der Waals surface area contributed by atoms with E-state index in [-0.39, 0.29) is 18.4 Å². The third kappa shape index (κ3) is 10.9. The Morgan fingerprint density at radius 1 is 0.792 bits per heavy atom. The van der Waals surface area contributed by atoms with Crippen molar-refractivity contribution in [1.29, 1.82) is 0 Å². The number of ether oxygens (including phenoxy) is 4. The van der Waals surface area contributed by atoms with E-state index < -0.39 is 46.2 Å². The first-order valence-corrected chi connectivity index (χ1v) is 24.9. The van der Waals surface area contributed by atoms with Crippen LogP contribution in [-0.2, 0) is 30.0 Å². The zero-order chi connectivity index (χ0) is 37.9. The molecule has 0 aromatic heterocycles. The molecular formula is C42H55N3O5SSi2. The molecule has 0 saturated carbocycles. The second-order valence-corrected chi connectivity index (χ2v) is 27.0. The summed E-state index contributed by atoms with van der Waals surface area (Å²) in [7, 11) is -4.26. The molecule has 1 aliphatic heterocycles. The average molecular weight is 770 g/mol.